The third kappa shape index (κ3) is 3.87. The molecule has 0 radical (unpaired) electrons. The number of aliphatic hydroxyl groups is 1. The van der Waals surface area contributed by atoms with Crippen molar-refractivity contribution >= 4 is 11.8 Å². The molecule has 3 rings (SSSR count). The Bertz CT molecular complexity index is 611. The van der Waals surface area contributed by atoms with Crippen molar-refractivity contribution in [3.05, 3.63) is 35.9 Å². The van der Waals surface area contributed by atoms with Gasteiger partial charge in [-0.25, -0.2) is 4.79 Å². The molecule has 1 aromatic carbocycles. The molecule has 2 aliphatic rings. The molecule has 1 aliphatic heterocycles. The molecule has 0 spiro atoms. The highest BCUT2D eigenvalue weighted by Gasteiger charge is 2.47. The lowest BCUT2D eigenvalue weighted by Gasteiger charge is -2.37. The van der Waals surface area contributed by atoms with Crippen LogP contribution in [-0.4, -0.2) is 48.6 Å². The number of nitrogens with zero attached hydrogens (tertiary/aromatic N) is 2. The summed E-state index contributed by atoms with van der Waals surface area (Å²) in [5, 5.41) is 11.4. The van der Waals surface area contributed by atoms with Gasteiger partial charge in [0.2, 0.25) is 0 Å². The Morgan fingerprint density at radius 1 is 1.24 bits per heavy atom. The van der Waals surface area contributed by atoms with Crippen molar-refractivity contribution in [2.24, 2.45) is 10.9 Å². The van der Waals surface area contributed by atoms with Crippen LogP contribution in [0.15, 0.2) is 35.3 Å². The molecule has 1 N–H and O–H groups in total. The molecular weight excluding hydrogens is 316 g/mol. The van der Waals surface area contributed by atoms with Gasteiger partial charge < -0.3 is 14.7 Å². The van der Waals surface area contributed by atoms with Gasteiger partial charge in [-0.2, -0.15) is 0 Å². The number of amidine groups is 1. The Morgan fingerprint density at radius 2 is 1.96 bits per heavy atom. The van der Waals surface area contributed by atoms with E-state index in [-0.39, 0.29) is 12.5 Å². The van der Waals surface area contributed by atoms with Crippen molar-refractivity contribution in [2.75, 3.05) is 26.7 Å². The maximum Gasteiger partial charge on any atom is 0.343 e. The Balaban J connectivity index is 1.78. The fraction of sp³-hybridized carbons (Fsp3) is 0.600. The maximum atomic E-state index is 13.0. The van der Waals surface area contributed by atoms with Gasteiger partial charge in [0, 0.05) is 26.1 Å². The summed E-state index contributed by atoms with van der Waals surface area (Å²) >= 11 is 0. The fourth-order valence-electron chi connectivity index (χ4n) is 3.89. The van der Waals surface area contributed by atoms with Crippen LogP contribution in [0.5, 0.6) is 0 Å². The summed E-state index contributed by atoms with van der Waals surface area (Å²) in [6.45, 7) is 1.81. The Morgan fingerprint density at radius 3 is 2.64 bits per heavy atom. The average Bonchev–Trinajstić information content (AvgIpc) is 2.68. The Hall–Kier alpha value is -1.88. The number of carbonyl (C=O) groups excluding carboxylic acids is 1. The van der Waals surface area contributed by atoms with E-state index >= 15 is 0 Å². The zero-order valence-corrected chi connectivity index (χ0v) is 15.0. The summed E-state index contributed by atoms with van der Waals surface area (Å²) in [5.41, 5.74) is -0.944. The van der Waals surface area contributed by atoms with Crippen LogP contribution in [0, 0.1) is 5.92 Å². The molecule has 25 heavy (non-hydrogen) atoms. The van der Waals surface area contributed by atoms with Crippen LogP contribution >= 0.6 is 0 Å². The second kappa shape index (κ2) is 8.00. The lowest BCUT2D eigenvalue weighted by atomic mass is 9.73. The van der Waals surface area contributed by atoms with E-state index in [2.05, 4.69) is 4.99 Å². The first-order valence-corrected chi connectivity index (χ1v) is 9.32. The lowest BCUT2D eigenvalue weighted by Crippen LogP contribution is -2.46. The van der Waals surface area contributed by atoms with Gasteiger partial charge in [-0.05, 0) is 24.8 Å². The molecule has 1 atom stereocenters. The van der Waals surface area contributed by atoms with E-state index in [4.69, 9.17) is 4.74 Å². The van der Waals surface area contributed by atoms with Gasteiger partial charge >= 0.3 is 5.97 Å². The molecular formula is C20H28N2O3. The average molecular weight is 344 g/mol. The van der Waals surface area contributed by atoms with Gasteiger partial charge in [-0.1, -0.05) is 49.6 Å². The molecule has 0 saturated heterocycles. The standard InChI is InChI=1S/C20H28N2O3/c1-22-14-8-13-21-18(22)15-25-19(23)20(24,16-9-4-2-5-10-16)17-11-6-3-7-12-17/h2,4-5,9-10,17,24H,3,6-8,11-15H2,1H3/t20-/m0/s1. The predicted octanol–water partition coefficient (Wildman–Crippen LogP) is 2.73. The van der Waals surface area contributed by atoms with E-state index in [1.807, 2.05) is 42.3 Å². The van der Waals surface area contributed by atoms with Gasteiger partial charge in [0.25, 0.3) is 0 Å². The minimum Gasteiger partial charge on any atom is -0.455 e. The van der Waals surface area contributed by atoms with E-state index in [0.717, 1.165) is 57.5 Å². The second-order valence-corrected chi connectivity index (χ2v) is 7.12. The van der Waals surface area contributed by atoms with E-state index in [9.17, 15) is 9.90 Å². The minimum atomic E-state index is -1.57. The van der Waals surface area contributed by atoms with Gasteiger partial charge in [0.1, 0.15) is 12.4 Å². The molecule has 0 bridgehead atoms. The number of ether oxygens (including phenoxy) is 1. The first-order chi connectivity index (χ1) is 12.1. The smallest absolute Gasteiger partial charge is 0.343 e. The number of hydrogen-bond donors (Lipinski definition) is 1. The number of carbonyl (C=O) groups is 1. The van der Waals surface area contributed by atoms with Crippen LogP contribution in [0.1, 0.15) is 44.1 Å². The second-order valence-electron chi connectivity index (χ2n) is 7.12. The number of rotatable bonds is 5. The molecule has 0 amide bonds. The highest BCUT2D eigenvalue weighted by molar-refractivity contribution is 5.88. The third-order valence-corrected chi connectivity index (χ3v) is 5.44. The summed E-state index contributed by atoms with van der Waals surface area (Å²) in [6, 6.07) is 9.24. The quantitative estimate of drug-likeness (QED) is 0.834. The van der Waals surface area contributed by atoms with Gasteiger partial charge in [0.15, 0.2) is 5.60 Å². The van der Waals surface area contributed by atoms with Crippen LogP contribution in [0.4, 0.5) is 0 Å². The van der Waals surface area contributed by atoms with Crippen LogP contribution in [0.2, 0.25) is 0 Å². The van der Waals surface area contributed by atoms with E-state index in [1.165, 1.54) is 0 Å². The van der Waals surface area contributed by atoms with Gasteiger partial charge in [-0.15, -0.1) is 0 Å². The lowest BCUT2D eigenvalue weighted by molar-refractivity contribution is -0.174. The van der Waals surface area contributed by atoms with Crippen LogP contribution in [-0.2, 0) is 15.1 Å². The predicted molar refractivity (Wildman–Crippen MR) is 97.4 cm³/mol. The number of likely N-dealkylation sites (N-methyl/N-ethyl adjacent to an activating group) is 1. The zero-order valence-electron chi connectivity index (χ0n) is 15.0. The molecule has 0 unspecified atom stereocenters. The highest BCUT2D eigenvalue weighted by atomic mass is 16.6. The summed E-state index contributed by atoms with van der Waals surface area (Å²) in [6.07, 6.45) is 5.97. The number of aliphatic imine (C=N–C) groups is 1. The molecule has 1 saturated carbocycles. The van der Waals surface area contributed by atoms with Crippen LogP contribution < -0.4 is 0 Å². The van der Waals surface area contributed by atoms with Crippen LogP contribution in [0.3, 0.4) is 0 Å². The van der Waals surface area contributed by atoms with Gasteiger partial charge in [0.05, 0.1) is 0 Å². The van der Waals surface area contributed by atoms with Crippen molar-refractivity contribution in [1.82, 2.24) is 4.90 Å². The van der Waals surface area contributed by atoms with E-state index in [0.29, 0.717) is 5.56 Å². The zero-order chi connectivity index (χ0) is 17.7. The van der Waals surface area contributed by atoms with Crippen molar-refractivity contribution in [2.45, 2.75) is 44.1 Å². The third-order valence-electron chi connectivity index (χ3n) is 5.44. The topological polar surface area (TPSA) is 62.1 Å². The van der Waals surface area contributed by atoms with Crippen molar-refractivity contribution < 1.29 is 14.6 Å². The summed E-state index contributed by atoms with van der Waals surface area (Å²) in [4.78, 5) is 19.4. The monoisotopic (exact) mass is 344 g/mol. The fourth-order valence-corrected chi connectivity index (χ4v) is 3.89. The Kier molecular flexibility index (Phi) is 5.74. The largest absolute Gasteiger partial charge is 0.455 e. The first-order valence-electron chi connectivity index (χ1n) is 9.32. The molecule has 136 valence electrons. The number of esters is 1. The Labute approximate surface area is 149 Å². The summed E-state index contributed by atoms with van der Waals surface area (Å²) < 4.78 is 5.56. The van der Waals surface area contributed by atoms with Crippen molar-refractivity contribution in [3.63, 3.8) is 0 Å². The minimum absolute atomic E-state index is 0.0952. The van der Waals surface area contributed by atoms with E-state index in [1.54, 1.807) is 0 Å². The SMILES string of the molecule is CN1CCCN=C1COC(=O)[C@](O)(c1ccccc1)C1CCCCC1. The molecule has 5 nitrogen and oxygen atoms in total. The van der Waals surface area contributed by atoms with E-state index < -0.39 is 11.6 Å². The molecule has 1 aliphatic carbocycles. The number of benzene rings is 1. The molecule has 1 heterocycles. The normalized spacial score (nSPS) is 21.4. The molecule has 0 aromatic heterocycles. The maximum absolute atomic E-state index is 13.0. The highest BCUT2D eigenvalue weighted by Crippen LogP contribution is 2.40. The molecule has 1 aromatic rings. The summed E-state index contributed by atoms with van der Waals surface area (Å²) in [5.74, 6) is 0.133. The first kappa shape index (κ1) is 17.9. The molecule has 1 fully saturated rings. The molecule has 5 heteroatoms. The van der Waals surface area contributed by atoms with Gasteiger partial charge in [-0.3, -0.25) is 4.99 Å². The number of hydrogen-bond acceptors (Lipinski definition) is 5. The van der Waals surface area contributed by atoms with Crippen molar-refractivity contribution in [1.29, 1.82) is 0 Å². The van der Waals surface area contributed by atoms with Crippen LogP contribution in [0.25, 0.3) is 0 Å². The summed E-state index contributed by atoms with van der Waals surface area (Å²) in [7, 11) is 1.95. The van der Waals surface area contributed by atoms with Crippen molar-refractivity contribution in [3.8, 4) is 0 Å².